The molecule has 1 amide bonds. The van der Waals surface area contributed by atoms with E-state index in [1.54, 1.807) is 24.3 Å². The molecule has 0 spiro atoms. The third-order valence-corrected chi connectivity index (χ3v) is 5.41. The summed E-state index contributed by atoms with van der Waals surface area (Å²) in [5, 5.41) is 12.1. The van der Waals surface area contributed by atoms with Crippen LogP contribution in [-0.4, -0.2) is 49.4 Å². The number of rotatable bonds is 3. The third kappa shape index (κ3) is 4.45. The minimum absolute atomic E-state index is 0.101. The van der Waals surface area contributed by atoms with E-state index in [-0.39, 0.29) is 18.1 Å². The van der Waals surface area contributed by atoms with Gasteiger partial charge in [0.15, 0.2) is 0 Å². The summed E-state index contributed by atoms with van der Waals surface area (Å²) in [7, 11) is 0. The van der Waals surface area contributed by atoms with Gasteiger partial charge >= 0.3 is 0 Å². The zero-order valence-electron chi connectivity index (χ0n) is 17.4. The zero-order chi connectivity index (χ0) is 21.1. The number of amides is 1. The van der Waals surface area contributed by atoms with Gasteiger partial charge in [0.25, 0.3) is 5.91 Å². The molecule has 4 rings (SSSR count). The summed E-state index contributed by atoms with van der Waals surface area (Å²) in [4.78, 5) is 20.4. The van der Waals surface area contributed by atoms with E-state index in [0.29, 0.717) is 42.9 Å². The van der Waals surface area contributed by atoms with E-state index in [4.69, 9.17) is 19.7 Å². The minimum atomic E-state index is -0.193. The van der Waals surface area contributed by atoms with Gasteiger partial charge in [0.1, 0.15) is 5.82 Å². The molecule has 2 aliphatic heterocycles. The molecule has 0 radical (unpaired) electrons. The lowest BCUT2D eigenvalue weighted by atomic mass is 10.0. The van der Waals surface area contributed by atoms with Gasteiger partial charge in [0, 0.05) is 36.5 Å². The summed E-state index contributed by atoms with van der Waals surface area (Å²) in [5.74, 6) is 0.606. The van der Waals surface area contributed by atoms with E-state index in [2.05, 4.69) is 30.1 Å². The van der Waals surface area contributed by atoms with Crippen molar-refractivity contribution >= 4 is 17.4 Å². The fourth-order valence-corrected chi connectivity index (χ4v) is 4.14. The maximum atomic E-state index is 13.3. The maximum absolute atomic E-state index is 13.3. The molecule has 2 atom stereocenters. The molecule has 156 valence electrons. The molecular weight excluding hydrogens is 380 g/mol. The Hall–Kier alpha value is -2.95. The Morgan fingerprint density at radius 2 is 1.97 bits per heavy atom. The normalized spacial score (nSPS) is 21.3. The van der Waals surface area contributed by atoms with Gasteiger partial charge in [-0.05, 0) is 50.1 Å². The number of morpholine rings is 1. The van der Waals surface area contributed by atoms with Crippen LogP contribution >= 0.6 is 0 Å². The van der Waals surface area contributed by atoms with Crippen LogP contribution in [0.15, 0.2) is 30.3 Å². The van der Waals surface area contributed by atoms with Gasteiger partial charge < -0.3 is 19.7 Å². The van der Waals surface area contributed by atoms with Gasteiger partial charge in [0.05, 0.1) is 37.1 Å². The van der Waals surface area contributed by atoms with E-state index >= 15 is 0 Å². The molecule has 3 heterocycles. The fourth-order valence-electron chi connectivity index (χ4n) is 4.14. The van der Waals surface area contributed by atoms with E-state index < -0.39 is 0 Å². The number of ether oxygens (including phenoxy) is 2. The number of benzene rings is 1. The third-order valence-electron chi connectivity index (χ3n) is 5.41. The van der Waals surface area contributed by atoms with Crippen LogP contribution in [0.25, 0.3) is 0 Å². The van der Waals surface area contributed by atoms with Crippen LogP contribution < -0.4 is 10.2 Å². The Kier molecular flexibility index (Phi) is 5.98. The molecule has 2 aromatic rings. The lowest BCUT2D eigenvalue weighted by molar-refractivity contribution is -0.00547. The molecule has 1 aromatic carbocycles. The van der Waals surface area contributed by atoms with Crippen molar-refractivity contribution in [2.45, 2.75) is 38.9 Å². The highest BCUT2D eigenvalue weighted by Gasteiger charge is 2.27. The van der Waals surface area contributed by atoms with Crippen molar-refractivity contribution in [3.8, 4) is 6.07 Å². The van der Waals surface area contributed by atoms with Crippen LogP contribution in [0.1, 0.15) is 41.0 Å². The number of nitriles is 1. The van der Waals surface area contributed by atoms with Gasteiger partial charge in [-0.1, -0.05) is 6.07 Å². The molecule has 1 saturated heterocycles. The monoisotopic (exact) mass is 406 g/mol. The molecule has 0 saturated carbocycles. The standard InChI is InChI=1S/C23H26N4O3/c1-15-13-27(14-16(2)30-15)22-11-20(19-6-8-29-9-7-21(19)26-22)23(28)25-18-5-3-4-17(10-18)12-24/h3-5,10-11,15-16H,6-9,13-14H2,1-2H3,(H,25,28)/t15-,16+. The maximum Gasteiger partial charge on any atom is 0.256 e. The van der Waals surface area contributed by atoms with Gasteiger partial charge in [-0.3, -0.25) is 4.79 Å². The average Bonchev–Trinajstić information content (AvgIpc) is 2.98. The van der Waals surface area contributed by atoms with Crippen LogP contribution in [0, 0.1) is 11.3 Å². The Morgan fingerprint density at radius 3 is 2.73 bits per heavy atom. The highest BCUT2D eigenvalue weighted by atomic mass is 16.5. The van der Waals surface area contributed by atoms with Gasteiger partial charge in [-0.15, -0.1) is 0 Å². The van der Waals surface area contributed by atoms with Crippen molar-refractivity contribution in [3.63, 3.8) is 0 Å². The number of hydrogen-bond donors (Lipinski definition) is 1. The zero-order valence-corrected chi connectivity index (χ0v) is 17.4. The minimum Gasteiger partial charge on any atom is -0.381 e. The number of pyridine rings is 1. The van der Waals surface area contributed by atoms with Gasteiger partial charge in [-0.25, -0.2) is 4.98 Å². The SMILES string of the molecule is C[C@@H]1CN(c2cc(C(=O)Nc3cccc(C#N)c3)c3c(n2)CCOCC3)C[C@H](C)O1. The molecule has 0 aliphatic carbocycles. The molecular formula is C23H26N4O3. The molecule has 0 bridgehead atoms. The molecule has 0 unspecified atom stereocenters. The predicted molar refractivity (Wildman–Crippen MR) is 114 cm³/mol. The number of nitrogens with one attached hydrogen (secondary N) is 1. The van der Waals surface area contributed by atoms with Crippen LogP contribution in [-0.2, 0) is 22.3 Å². The highest BCUT2D eigenvalue weighted by Crippen LogP contribution is 2.26. The van der Waals surface area contributed by atoms with Crippen LogP contribution in [0.4, 0.5) is 11.5 Å². The lowest BCUT2D eigenvalue weighted by Gasteiger charge is -2.36. The first-order valence-corrected chi connectivity index (χ1v) is 10.4. The molecule has 30 heavy (non-hydrogen) atoms. The number of hydrogen-bond acceptors (Lipinski definition) is 6. The fraction of sp³-hybridized carbons (Fsp3) is 0.435. The summed E-state index contributed by atoms with van der Waals surface area (Å²) in [5.41, 5.74) is 3.60. The lowest BCUT2D eigenvalue weighted by Crippen LogP contribution is -2.46. The van der Waals surface area contributed by atoms with Crippen molar-refractivity contribution < 1.29 is 14.3 Å². The Morgan fingerprint density at radius 1 is 1.20 bits per heavy atom. The molecule has 1 aromatic heterocycles. The second kappa shape index (κ2) is 8.82. The van der Waals surface area contributed by atoms with Crippen LogP contribution in [0.2, 0.25) is 0 Å². The summed E-state index contributed by atoms with van der Waals surface area (Å²) in [6, 6.07) is 10.9. The number of carbonyl (C=O) groups is 1. The Balaban J connectivity index is 1.69. The second-order valence-corrected chi connectivity index (χ2v) is 7.87. The van der Waals surface area contributed by atoms with E-state index in [9.17, 15) is 4.79 Å². The number of anilines is 2. The van der Waals surface area contributed by atoms with Crippen LogP contribution in [0.3, 0.4) is 0 Å². The largest absolute Gasteiger partial charge is 0.381 e. The topological polar surface area (TPSA) is 87.5 Å². The van der Waals surface area contributed by atoms with Crippen molar-refractivity contribution in [1.29, 1.82) is 5.26 Å². The first kappa shape index (κ1) is 20.3. The highest BCUT2D eigenvalue weighted by molar-refractivity contribution is 6.06. The first-order valence-electron chi connectivity index (χ1n) is 10.4. The van der Waals surface area contributed by atoms with Crippen LogP contribution in [0.5, 0.6) is 0 Å². The second-order valence-electron chi connectivity index (χ2n) is 7.87. The molecule has 7 heteroatoms. The quantitative estimate of drug-likeness (QED) is 0.843. The van der Waals surface area contributed by atoms with Crippen molar-refractivity contribution in [1.82, 2.24) is 4.98 Å². The first-order chi connectivity index (χ1) is 14.5. The van der Waals surface area contributed by atoms with Gasteiger partial charge in [-0.2, -0.15) is 5.26 Å². The molecule has 1 fully saturated rings. The molecule has 1 N–H and O–H groups in total. The average molecular weight is 406 g/mol. The number of nitrogens with zero attached hydrogens (tertiary/aromatic N) is 3. The number of aromatic nitrogens is 1. The summed E-state index contributed by atoms with van der Waals surface area (Å²) in [6.45, 7) is 6.75. The van der Waals surface area contributed by atoms with Gasteiger partial charge in [0.2, 0.25) is 0 Å². The number of carbonyl (C=O) groups excluding carboxylic acids is 1. The summed E-state index contributed by atoms with van der Waals surface area (Å²) < 4.78 is 11.5. The number of fused-ring (bicyclic) bond motifs is 1. The van der Waals surface area contributed by atoms with E-state index in [1.807, 2.05) is 6.07 Å². The van der Waals surface area contributed by atoms with E-state index in [1.165, 1.54) is 0 Å². The van der Waals surface area contributed by atoms with Crippen molar-refractivity contribution in [2.75, 3.05) is 36.5 Å². The Labute approximate surface area is 176 Å². The van der Waals surface area contributed by atoms with E-state index in [0.717, 1.165) is 30.2 Å². The summed E-state index contributed by atoms with van der Waals surface area (Å²) >= 11 is 0. The Bertz CT molecular complexity index is 975. The summed E-state index contributed by atoms with van der Waals surface area (Å²) in [6.07, 6.45) is 1.54. The molecule has 7 nitrogen and oxygen atoms in total. The predicted octanol–water partition coefficient (Wildman–Crippen LogP) is 2.93. The smallest absolute Gasteiger partial charge is 0.256 e. The van der Waals surface area contributed by atoms with Crippen molar-refractivity contribution in [2.24, 2.45) is 0 Å². The van der Waals surface area contributed by atoms with Crippen molar-refractivity contribution in [3.05, 3.63) is 52.7 Å². The molecule has 2 aliphatic rings.